The second-order valence-electron chi connectivity index (χ2n) is 2.82. The normalized spacial score (nSPS) is 11.4. The molecule has 0 atom stereocenters. The molecule has 0 amide bonds. The molecule has 0 radical (unpaired) electrons. The van der Waals surface area contributed by atoms with Crippen LogP contribution in [0, 0.1) is 0 Å². The lowest BCUT2D eigenvalue weighted by Gasteiger charge is -2.15. The Morgan fingerprint density at radius 1 is 1.62 bits per heavy atom. The molecule has 0 rings (SSSR count). The van der Waals surface area contributed by atoms with Crippen LogP contribution in [0.3, 0.4) is 0 Å². The second-order valence-corrected chi connectivity index (χ2v) is 2.82. The van der Waals surface area contributed by atoms with E-state index in [1.807, 2.05) is 19.9 Å². The predicted octanol–water partition coefficient (Wildman–Crippen LogP) is 1.69. The number of rotatable bonds is 3. The highest BCUT2D eigenvalue weighted by atomic mass is 14.7. The lowest BCUT2D eigenvalue weighted by atomic mass is 10.0. The summed E-state index contributed by atoms with van der Waals surface area (Å²) in [6.45, 7) is 7.66. The highest BCUT2D eigenvalue weighted by molar-refractivity contribution is 4.77. The van der Waals surface area contributed by atoms with Crippen molar-refractivity contribution in [2.45, 2.75) is 32.2 Å². The first-order valence-corrected chi connectivity index (χ1v) is 2.96. The van der Waals surface area contributed by atoms with Crippen LogP contribution in [-0.4, -0.2) is 5.54 Å². The van der Waals surface area contributed by atoms with Gasteiger partial charge in [0.05, 0.1) is 0 Å². The minimum Gasteiger partial charge on any atom is -0.326 e. The molecule has 8 heavy (non-hydrogen) atoms. The fraction of sp³-hybridized carbons (Fsp3) is 0.714. The van der Waals surface area contributed by atoms with E-state index in [1.54, 1.807) is 0 Å². The highest BCUT2D eigenvalue weighted by Gasteiger charge is 2.07. The van der Waals surface area contributed by atoms with Crippen LogP contribution in [0.4, 0.5) is 0 Å². The molecule has 1 heteroatoms. The topological polar surface area (TPSA) is 26.0 Å². The number of hydrogen-bond donors (Lipinski definition) is 1. The minimum absolute atomic E-state index is 0.0197. The summed E-state index contributed by atoms with van der Waals surface area (Å²) in [6, 6.07) is 0. The molecule has 0 aliphatic carbocycles. The van der Waals surface area contributed by atoms with Crippen LogP contribution in [0.1, 0.15) is 26.7 Å². The fourth-order valence-electron chi connectivity index (χ4n) is 0.474. The van der Waals surface area contributed by atoms with E-state index in [1.165, 1.54) is 0 Å². The molecule has 0 fully saturated rings. The molecule has 0 heterocycles. The van der Waals surface area contributed by atoms with Gasteiger partial charge in [-0.15, -0.1) is 6.58 Å². The van der Waals surface area contributed by atoms with Gasteiger partial charge in [-0.25, -0.2) is 0 Å². The van der Waals surface area contributed by atoms with E-state index in [2.05, 4.69) is 6.58 Å². The predicted molar refractivity (Wildman–Crippen MR) is 37.7 cm³/mol. The van der Waals surface area contributed by atoms with E-state index >= 15 is 0 Å². The lowest BCUT2D eigenvalue weighted by molar-refractivity contribution is 0.481. The van der Waals surface area contributed by atoms with Gasteiger partial charge >= 0.3 is 0 Å². The molecule has 0 aromatic rings. The van der Waals surface area contributed by atoms with Crippen LogP contribution in [-0.2, 0) is 0 Å². The Bertz CT molecular complexity index is 68.9. The minimum atomic E-state index is -0.0197. The van der Waals surface area contributed by atoms with Gasteiger partial charge < -0.3 is 5.73 Å². The zero-order valence-corrected chi connectivity index (χ0v) is 5.78. The highest BCUT2D eigenvalue weighted by Crippen LogP contribution is 2.05. The first kappa shape index (κ1) is 7.70. The molecule has 0 saturated carbocycles. The maximum absolute atomic E-state index is 5.67. The first-order chi connectivity index (χ1) is 3.56. The summed E-state index contributed by atoms with van der Waals surface area (Å²) in [5, 5.41) is 0. The van der Waals surface area contributed by atoms with Crippen LogP contribution in [0.25, 0.3) is 0 Å². The molecule has 0 unspecified atom stereocenters. The van der Waals surface area contributed by atoms with Crippen molar-refractivity contribution < 1.29 is 0 Å². The zero-order chi connectivity index (χ0) is 6.62. The Kier molecular flexibility index (Phi) is 2.77. The molecule has 0 aromatic heterocycles. The summed E-state index contributed by atoms with van der Waals surface area (Å²) < 4.78 is 0. The molecule has 2 N–H and O–H groups in total. The average Bonchev–Trinajstić information content (AvgIpc) is 1.59. The summed E-state index contributed by atoms with van der Waals surface area (Å²) >= 11 is 0. The standard InChI is InChI=1S/C7H15N/c1-4-5-6-7(2,3)8/h4H,1,5-6,8H2,2-3H3. The molecule has 0 saturated heterocycles. The Labute approximate surface area is 51.6 Å². The maximum Gasteiger partial charge on any atom is 0.01000 e. The molecule has 0 spiro atoms. The second kappa shape index (κ2) is 2.88. The van der Waals surface area contributed by atoms with Gasteiger partial charge in [-0.2, -0.15) is 0 Å². The molecule has 48 valence electrons. The van der Waals surface area contributed by atoms with Crippen molar-refractivity contribution in [1.29, 1.82) is 0 Å². The summed E-state index contributed by atoms with van der Waals surface area (Å²) in [5.41, 5.74) is 5.65. The van der Waals surface area contributed by atoms with Crippen molar-refractivity contribution in [1.82, 2.24) is 0 Å². The van der Waals surface area contributed by atoms with E-state index in [4.69, 9.17) is 5.73 Å². The summed E-state index contributed by atoms with van der Waals surface area (Å²) in [5.74, 6) is 0. The van der Waals surface area contributed by atoms with Gasteiger partial charge in [-0.3, -0.25) is 0 Å². The molecule has 0 bridgehead atoms. The number of nitrogens with two attached hydrogens (primary N) is 1. The Hall–Kier alpha value is -0.300. The van der Waals surface area contributed by atoms with Crippen molar-refractivity contribution in [2.75, 3.05) is 0 Å². The van der Waals surface area contributed by atoms with Gasteiger partial charge in [0.15, 0.2) is 0 Å². The van der Waals surface area contributed by atoms with E-state index in [-0.39, 0.29) is 5.54 Å². The smallest absolute Gasteiger partial charge is 0.01000 e. The van der Waals surface area contributed by atoms with Crippen LogP contribution >= 0.6 is 0 Å². The Balaban J connectivity index is 3.24. The summed E-state index contributed by atoms with van der Waals surface area (Å²) in [6.07, 6.45) is 3.94. The van der Waals surface area contributed by atoms with E-state index in [0.29, 0.717) is 0 Å². The van der Waals surface area contributed by atoms with Crippen LogP contribution < -0.4 is 5.73 Å². The largest absolute Gasteiger partial charge is 0.326 e. The zero-order valence-electron chi connectivity index (χ0n) is 5.78. The average molecular weight is 113 g/mol. The van der Waals surface area contributed by atoms with Crippen molar-refractivity contribution in [2.24, 2.45) is 5.73 Å². The van der Waals surface area contributed by atoms with E-state index < -0.39 is 0 Å². The third kappa shape index (κ3) is 5.70. The van der Waals surface area contributed by atoms with Gasteiger partial charge in [-0.05, 0) is 26.7 Å². The molecule has 1 nitrogen and oxygen atoms in total. The van der Waals surface area contributed by atoms with Crippen molar-refractivity contribution in [3.05, 3.63) is 12.7 Å². The van der Waals surface area contributed by atoms with Crippen molar-refractivity contribution in [3.8, 4) is 0 Å². The van der Waals surface area contributed by atoms with Gasteiger partial charge in [-0.1, -0.05) is 6.08 Å². The third-order valence-electron chi connectivity index (χ3n) is 0.993. The van der Waals surface area contributed by atoms with Gasteiger partial charge in [0.2, 0.25) is 0 Å². The number of allylic oxidation sites excluding steroid dienone is 1. The molecule has 0 aliphatic heterocycles. The number of hydrogen-bond acceptors (Lipinski definition) is 1. The van der Waals surface area contributed by atoms with Crippen LogP contribution in [0.2, 0.25) is 0 Å². The lowest BCUT2D eigenvalue weighted by Crippen LogP contribution is -2.31. The maximum atomic E-state index is 5.67. The Morgan fingerprint density at radius 2 is 2.12 bits per heavy atom. The van der Waals surface area contributed by atoms with Crippen molar-refractivity contribution >= 4 is 0 Å². The monoisotopic (exact) mass is 113 g/mol. The molecular weight excluding hydrogens is 98.1 g/mol. The van der Waals surface area contributed by atoms with Gasteiger partial charge in [0.25, 0.3) is 0 Å². The van der Waals surface area contributed by atoms with Crippen molar-refractivity contribution in [3.63, 3.8) is 0 Å². The molecule has 0 aromatic carbocycles. The Morgan fingerprint density at radius 3 is 2.25 bits per heavy atom. The summed E-state index contributed by atoms with van der Waals surface area (Å²) in [4.78, 5) is 0. The molecular formula is C7H15N. The van der Waals surface area contributed by atoms with Crippen LogP contribution in [0.5, 0.6) is 0 Å². The fourth-order valence-corrected chi connectivity index (χ4v) is 0.474. The van der Waals surface area contributed by atoms with Crippen LogP contribution in [0.15, 0.2) is 12.7 Å². The SMILES string of the molecule is C=CCCC(C)(C)N. The summed E-state index contributed by atoms with van der Waals surface area (Å²) in [7, 11) is 0. The van der Waals surface area contributed by atoms with E-state index in [9.17, 15) is 0 Å². The third-order valence-corrected chi connectivity index (χ3v) is 0.993. The van der Waals surface area contributed by atoms with E-state index in [0.717, 1.165) is 12.8 Å². The van der Waals surface area contributed by atoms with Gasteiger partial charge in [0, 0.05) is 5.54 Å². The first-order valence-electron chi connectivity index (χ1n) is 2.96. The molecule has 0 aliphatic rings. The quantitative estimate of drug-likeness (QED) is 0.554. The van der Waals surface area contributed by atoms with Gasteiger partial charge in [0.1, 0.15) is 0 Å².